The SMILES string of the molecule is CCC(CC)C(NC(=O)C(C)(C)Br)c1ccccc1. The molecule has 19 heavy (non-hydrogen) atoms. The van der Waals surface area contributed by atoms with E-state index in [9.17, 15) is 4.79 Å². The minimum absolute atomic E-state index is 0.0354. The number of hydrogen-bond acceptors (Lipinski definition) is 1. The average Bonchev–Trinajstić information content (AvgIpc) is 2.38. The van der Waals surface area contributed by atoms with Crippen LogP contribution >= 0.6 is 15.9 Å². The van der Waals surface area contributed by atoms with Gasteiger partial charge in [-0.2, -0.15) is 0 Å². The summed E-state index contributed by atoms with van der Waals surface area (Å²) < 4.78 is -0.536. The predicted molar refractivity (Wildman–Crippen MR) is 84.4 cm³/mol. The smallest absolute Gasteiger partial charge is 0.236 e. The van der Waals surface area contributed by atoms with Gasteiger partial charge in [-0.25, -0.2) is 0 Å². The lowest BCUT2D eigenvalue weighted by molar-refractivity contribution is -0.123. The van der Waals surface area contributed by atoms with Crippen molar-refractivity contribution in [2.24, 2.45) is 5.92 Å². The maximum Gasteiger partial charge on any atom is 0.236 e. The van der Waals surface area contributed by atoms with Crippen LogP contribution in [0.25, 0.3) is 0 Å². The van der Waals surface area contributed by atoms with Crippen LogP contribution in [0.5, 0.6) is 0 Å². The van der Waals surface area contributed by atoms with Gasteiger partial charge in [-0.05, 0) is 25.3 Å². The van der Waals surface area contributed by atoms with E-state index in [1.807, 2.05) is 32.0 Å². The van der Waals surface area contributed by atoms with E-state index in [-0.39, 0.29) is 11.9 Å². The first kappa shape index (κ1) is 16.2. The normalized spacial score (nSPS) is 13.4. The van der Waals surface area contributed by atoms with Crippen molar-refractivity contribution in [3.05, 3.63) is 35.9 Å². The van der Waals surface area contributed by atoms with Gasteiger partial charge in [0.1, 0.15) is 0 Å². The second kappa shape index (κ2) is 7.09. The zero-order valence-electron chi connectivity index (χ0n) is 12.2. The Morgan fingerprint density at radius 3 is 2.16 bits per heavy atom. The zero-order chi connectivity index (χ0) is 14.5. The Kier molecular flexibility index (Phi) is 6.05. The highest BCUT2D eigenvalue weighted by Crippen LogP contribution is 2.28. The van der Waals surface area contributed by atoms with Crippen molar-refractivity contribution in [3.63, 3.8) is 0 Å². The maximum absolute atomic E-state index is 12.2. The van der Waals surface area contributed by atoms with Gasteiger partial charge in [0.05, 0.1) is 10.4 Å². The van der Waals surface area contributed by atoms with Crippen molar-refractivity contribution in [2.45, 2.75) is 50.9 Å². The first-order valence-electron chi connectivity index (χ1n) is 6.95. The molecule has 2 nitrogen and oxygen atoms in total. The van der Waals surface area contributed by atoms with E-state index < -0.39 is 4.32 Å². The van der Waals surface area contributed by atoms with Crippen LogP contribution in [-0.2, 0) is 4.79 Å². The number of benzene rings is 1. The van der Waals surface area contributed by atoms with Gasteiger partial charge >= 0.3 is 0 Å². The summed E-state index contributed by atoms with van der Waals surface area (Å²) >= 11 is 3.43. The van der Waals surface area contributed by atoms with Gasteiger partial charge in [-0.15, -0.1) is 0 Å². The number of amides is 1. The van der Waals surface area contributed by atoms with Crippen LogP contribution < -0.4 is 5.32 Å². The first-order valence-corrected chi connectivity index (χ1v) is 7.74. The molecular weight excluding hydrogens is 302 g/mol. The third-order valence-corrected chi connectivity index (χ3v) is 3.87. The molecule has 0 radical (unpaired) electrons. The Morgan fingerprint density at radius 1 is 1.21 bits per heavy atom. The fourth-order valence-corrected chi connectivity index (χ4v) is 2.32. The van der Waals surface area contributed by atoms with Crippen LogP contribution in [0.3, 0.4) is 0 Å². The summed E-state index contributed by atoms with van der Waals surface area (Å²) in [5, 5.41) is 3.19. The van der Waals surface area contributed by atoms with E-state index in [2.05, 4.69) is 47.2 Å². The molecule has 1 aromatic rings. The van der Waals surface area contributed by atoms with Crippen LogP contribution in [0.15, 0.2) is 30.3 Å². The lowest BCUT2D eigenvalue weighted by Crippen LogP contribution is -2.42. The number of halogens is 1. The summed E-state index contributed by atoms with van der Waals surface area (Å²) in [6.07, 6.45) is 2.11. The van der Waals surface area contributed by atoms with E-state index >= 15 is 0 Å². The fraction of sp³-hybridized carbons (Fsp3) is 0.562. The van der Waals surface area contributed by atoms with Gasteiger partial charge in [0.2, 0.25) is 5.91 Å². The number of hydrogen-bond donors (Lipinski definition) is 1. The molecule has 0 aromatic heterocycles. The van der Waals surface area contributed by atoms with Gasteiger partial charge in [-0.1, -0.05) is 73.0 Å². The molecule has 1 unspecified atom stereocenters. The second-order valence-corrected chi connectivity index (χ2v) is 7.39. The summed E-state index contributed by atoms with van der Waals surface area (Å²) in [4.78, 5) is 12.2. The Balaban J connectivity index is 2.97. The summed E-state index contributed by atoms with van der Waals surface area (Å²) in [6, 6.07) is 10.3. The Bertz CT molecular complexity index is 393. The Labute approximate surface area is 125 Å². The van der Waals surface area contributed by atoms with Gasteiger partial charge in [0.15, 0.2) is 0 Å². The third kappa shape index (κ3) is 4.64. The van der Waals surface area contributed by atoms with Gasteiger partial charge in [0, 0.05) is 0 Å². The standard InChI is InChI=1S/C16H24BrNO/c1-5-12(6-2)14(13-10-8-7-9-11-13)18-15(19)16(3,4)17/h7-12,14H,5-6H2,1-4H3,(H,18,19). The quantitative estimate of drug-likeness (QED) is 0.769. The fourth-order valence-electron chi connectivity index (χ4n) is 2.21. The van der Waals surface area contributed by atoms with E-state index in [4.69, 9.17) is 0 Å². The second-order valence-electron chi connectivity index (χ2n) is 5.41. The number of carbonyl (C=O) groups is 1. The third-order valence-electron chi connectivity index (χ3n) is 3.51. The van der Waals surface area contributed by atoms with E-state index in [1.165, 1.54) is 5.56 Å². The van der Waals surface area contributed by atoms with Gasteiger partial charge in [0.25, 0.3) is 0 Å². The molecule has 0 heterocycles. The van der Waals surface area contributed by atoms with E-state index in [1.54, 1.807) is 0 Å². The molecule has 106 valence electrons. The van der Waals surface area contributed by atoms with Crippen molar-refractivity contribution < 1.29 is 4.79 Å². The molecule has 1 atom stereocenters. The minimum Gasteiger partial charge on any atom is -0.348 e. The van der Waals surface area contributed by atoms with Crippen molar-refractivity contribution in [1.29, 1.82) is 0 Å². The molecule has 0 bridgehead atoms. The van der Waals surface area contributed by atoms with Crippen LogP contribution in [0.4, 0.5) is 0 Å². The molecular formula is C16H24BrNO. The Hall–Kier alpha value is -0.830. The predicted octanol–water partition coefficient (Wildman–Crippen LogP) is 4.45. The van der Waals surface area contributed by atoms with Gasteiger partial charge in [-0.3, -0.25) is 4.79 Å². The average molecular weight is 326 g/mol. The number of alkyl halides is 1. The number of nitrogens with one attached hydrogen (secondary N) is 1. The molecule has 1 N–H and O–H groups in total. The highest BCUT2D eigenvalue weighted by molar-refractivity contribution is 9.10. The van der Waals surface area contributed by atoms with Crippen molar-refractivity contribution in [1.82, 2.24) is 5.32 Å². The molecule has 0 spiro atoms. The number of carbonyl (C=O) groups excluding carboxylic acids is 1. The molecule has 3 heteroatoms. The van der Waals surface area contributed by atoms with E-state index in [0.717, 1.165) is 12.8 Å². The highest BCUT2D eigenvalue weighted by Gasteiger charge is 2.29. The Morgan fingerprint density at radius 2 is 1.74 bits per heavy atom. The summed E-state index contributed by atoms with van der Waals surface area (Å²) in [5.41, 5.74) is 1.18. The molecule has 0 aliphatic carbocycles. The molecule has 1 aromatic carbocycles. The molecule has 1 amide bonds. The lowest BCUT2D eigenvalue weighted by Gasteiger charge is -2.29. The van der Waals surface area contributed by atoms with Crippen molar-refractivity contribution in [2.75, 3.05) is 0 Å². The lowest BCUT2D eigenvalue weighted by atomic mass is 9.88. The van der Waals surface area contributed by atoms with Crippen molar-refractivity contribution >= 4 is 21.8 Å². The molecule has 0 fully saturated rings. The highest BCUT2D eigenvalue weighted by atomic mass is 79.9. The van der Waals surface area contributed by atoms with Crippen LogP contribution in [0.1, 0.15) is 52.1 Å². The monoisotopic (exact) mass is 325 g/mol. The summed E-state index contributed by atoms with van der Waals surface area (Å²) in [5.74, 6) is 0.495. The first-order chi connectivity index (χ1) is 8.90. The molecule has 0 saturated carbocycles. The van der Waals surface area contributed by atoms with Crippen molar-refractivity contribution in [3.8, 4) is 0 Å². The van der Waals surface area contributed by atoms with E-state index in [0.29, 0.717) is 5.92 Å². The maximum atomic E-state index is 12.2. The topological polar surface area (TPSA) is 29.1 Å². The van der Waals surface area contributed by atoms with Crippen LogP contribution in [0, 0.1) is 5.92 Å². The minimum atomic E-state index is -0.536. The van der Waals surface area contributed by atoms with Crippen LogP contribution in [-0.4, -0.2) is 10.2 Å². The van der Waals surface area contributed by atoms with Crippen LogP contribution in [0.2, 0.25) is 0 Å². The summed E-state index contributed by atoms with van der Waals surface area (Å²) in [7, 11) is 0. The molecule has 0 saturated heterocycles. The molecule has 0 aliphatic heterocycles. The molecule has 0 aliphatic rings. The summed E-state index contributed by atoms with van der Waals surface area (Å²) in [6.45, 7) is 8.10. The molecule has 1 rings (SSSR count). The number of rotatable bonds is 6. The zero-order valence-corrected chi connectivity index (χ0v) is 13.8. The largest absolute Gasteiger partial charge is 0.348 e. The van der Waals surface area contributed by atoms with Gasteiger partial charge < -0.3 is 5.32 Å².